The summed E-state index contributed by atoms with van der Waals surface area (Å²) in [6.07, 6.45) is 0.623. The van der Waals surface area contributed by atoms with Gasteiger partial charge >= 0.3 is 6.03 Å². The largest absolute Gasteiger partial charge is 0.395 e. The molecule has 1 rings (SSSR count). The molecule has 2 amide bonds. The van der Waals surface area contributed by atoms with Crippen LogP contribution in [0.2, 0.25) is 0 Å². The molecule has 2 N–H and O–H groups in total. The van der Waals surface area contributed by atoms with Crippen molar-refractivity contribution in [1.29, 1.82) is 0 Å². The molecule has 18 heavy (non-hydrogen) atoms. The standard InChI is InChI=1S/C12H16BrFN2O2/c1-16(6-7-17)12(18)15-5-4-9-2-3-11(14)10(13)8-9/h2-3,8,17H,4-7H2,1H3,(H,15,18). The maximum atomic E-state index is 13.0. The quantitative estimate of drug-likeness (QED) is 0.869. The second kappa shape index (κ2) is 7.33. The lowest BCUT2D eigenvalue weighted by Crippen LogP contribution is -2.39. The van der Waals surface area contributed by atoms with Crippen LogP contribution >= 0.6 is 15.9 Å². The van der Waals surface area contributed by atoms with E-state index in [1.807, 2.05) is 0 Å². The second-order valence-electron chi connectivity index (χ2n) is 3.88. The predicted molar refractivity (Wildman–Crippen MR) is 70.9 cm³/mol. The van der Waals surface area contributed by atoms with E-state index < -0.39 is 0 Å². The Labute approximate surface area is 114 Å². The molecule has 100 valence electrons. The van der Waals surface area contributed by atoms with Crippen molar-refractivity contribution in [3.63, 3.8) is 0 Å². The van der Waals surface area contributed by atoms with Gasteiger partial charge in [-0.25, -0.2) is 9.18 Å². The number of amides is 2. The number of hydrogen-bond donors (Lipinski definition) is 2. The number of nitrogens with one attached hydrogen (secondary N) is 1. The maximum Gasteiger partial charge on any atom is 0.317 e. The Morgan fingerprint density at radius 2 is 2.28 bits per heavy atom. The van der Waals surface area contributed by atoms with E-state index in [-0.39, 0.29) is 18.5 Å². The molecule has 4 nitrogen and oxygen atoms in total. The average Bonchev–Trinajstić information content (AvgIpc) is 2.34. The zero-order valence-corrected chi connectivity index (χ0v) is 11.7. The van der Waals surface area contributed by atoms with Gasteiger partial charge in [0.05, 0.1) is 11.1 Å². The maximum absolute atomic E-state index is 13.0. The van der Waals surface area contributed by atoms with Gasteiger partial charge in [-0.3, -0.25) is 0 Å². The number of nitrogens with zero attached hydrogens (tertiary/aromatic N) is 1. The number of carbonyl (C=O) groups excluding carboxylic acids is 1. The van der Waals surface area contributed by atoms with Gasteiger partial charge in [-0.1, -0.05) is 6.07 Å². The molecule has 0 saturated heterocycles. The fraction of sp³-hybridized carbons (Fsp3) is 0.417. The van der Waals surface area contributed by atoms with Crippen LogP contribution in [0.25, 0.3) is 0 Å². The van der Waals surface area contributed by atoms with Gasteiger partial charge in [0, 0.05) is 20.1 Å². The van der Waals surface area contributed by atoms with Crippen LogP contribution in [-0.4, -0.2) is 42.8 Å². The highest BCUT2D eigenvalue weighted by Gasteiger charge is 2.06. The van der Waals surface area contributed by atoms with E-state index in [2.05, 4.69) is 21.2 Å². The van der Waals surface area contributed by atoms with E-state index in [0.717, 1.165) is 5.56 Å². The Hall–Kier alpha value is -1.14. The summed E-state index contributed by atoms with van der Waals surface area (Å²) in [5.41, 5.74) is 0.938. The molecule has 0 bridgehead atoms. The summed E-state index contributed by atoms with van der Waals surface area (Å²) in [5.74, 6) is -0.300. The van der Waals surface area contributed by atoms with Gasteiger partial charge in [-0.2, -0.15) is 0 Å². The van der Waals surface area contributed by atoms with E-state index in [1.165, 1.54) is 11.0 Å². The van der Waals surface area contributed by atoms with Gasteiger partial charge in [0.25, 0.3) is 0 Å². The van der Waals surface area contributed by atoms with E-state index in [4.69, 9.17) is 5.11 Å². The smallest absolute Gasteiger partial charge is 0.317 e. The van der Waals surface area contributed by atoms with Gasteiger partial charge in [0.1, 0.15) is 5.82 Å². The molecule has 0 fully saturated rings. The number of aliphatic hydroxyl groups excluding tert-OH is 1. The summed E-state index contributed by atoms with van der Waals surface area (Å²) in [4.78, 5) is 12.9. The van der Waals surface area contributed by atoms with Gasteiger partial charge in [0.15, 0.2) is 0 Å². The number of benzene rings is 1. The lowest BCUT2D eigenvalue weighted by atomic mass is 10.1. The number of urea groups is 1. The molecular weight excluding hydrogens is 303 g/mol. The first-order valence-corrected chi connectivity index (χ1v) is 6.37. The van der Waals surface area contributed by atoms with Gasteiger partial charge < -0.3 is 15.3 Å². The highest BCUT2D eigenvalue weighted by atomic mass is 79.9. The Kier molecular flexibility index (Phi) is 6.07. The molecule has 0 saturated carbocycles. The molecule has 0 aromatic heterocycles. The Bertz CT molecular complexity index is 415. The van der Waals surface area contributed by atoms with Crippen molar-refractivity contribution in [2.24, 2.45) is 0 Å². The summed E-state index contributed by atoms with van der Waals surface area (Å²) in [6, 6.07) is 4.53. The number of halogens is 2. The third-order valence-corrected chi connectivity index (χ3v) is 3.06. The summed E-state index contributed by atoms with van der Waals surface area (Å²) in [7, 11) is 1.61. The Balaban J connectivity index is 2.37. The Morgan fingerprint density at radius 3 is 2.89 bits per heavy atom. The first-order chi connectivity index (χ1) is 8.54. The second-order valence-corrected chi connectivity index (χ2v) is 4.73. The van der Waals surface area contributed by atoms with Crippen molar-refractivity contribution < 1.29 is 14.3 Å². The first kappa shape index (κ1) is 14.9. The molecule has 0 unspecified atom stereocenters. The number of carbonyl (C=O) groups is 1. The SMILES string of the molecule is CN(CCO)C(=O)NCCc1ccc(F)c(Br)c1. The molecule has 0 aliphatic heterocycles. The molecule has 1 aromatic carbocycles. The van der Waals surface area contributed by atoms with Gasteiger partial charge in [0.2, 0.25) is 0 Å². The van der Waals surface area contributed by atoms with Crippen molar-refractivity contribution in [2.45, 2.75) is 6.42 Å². The normalized spacial score (nSPS) is 10.2. The molecule has 6 heteroatoms. The molecule has 1 aromatic rings. The zero-order chi connectivity index (χ0) is 13.5. The third kappa shape index (κ3) is 4.62. The highest BCUT2D eigenvalue weighted by molar-refractivity contribution is 9.10. The van der Waals surface area contributed by atoms with Crippen molar-refractivity contribution >= 4 is 22.0 Å². The fourth-order valence-electron chi connectivity index (χ4n) is 1.40. The lowest BCUT2D eigenvalue weighted by Gasteiger charge is -2.16. The van der Waals surface area contributed by atoms with Crippen molar-refractivity contribution in [3.05, 3.63) is 34.1 Å². The average molecular weight is 319 g/mol. The Morgan fingerprint density at radius 1 is 1.56 bits per heavy atom. The highest BCUT2D eigenvalue weighted by Crippen LogP contribution is 2.16. The molecule has 0 aliphatic rings. The lowest BCUT2D eigenvalue weighted by molar-refractivity contribution is 0.190. The van der Waals surface area contributed by atoms with Crippen LogP contribution in [0, 0.1) is 5.82 Å². The number of likely N-dealkylation sites (N-methyl/N-ethyl adjacent to an activating group) is 1. The van der Waals surface area contributed by atoms with Crippen molar-refractivity contribution in [1.82, 2.24) is 10.2 Å². The first-order valence-electron chi connectivity index (χ1n) is 5.58. The monoisotopic (exact) mass is 318 g/mol. The minimum atomic E-state index is -0.300. The van der Waals surface area contributed by atoms with Crippen LogP contribution in [0.1, 0.15) is 5.56 Å². The van der Waals surface area contributed by atoms with Crippen LogP contribution in [-0.2, 0) is 6.42 Å². The van der Waals surface area contributed by atoms with Gasteiger partial charge in [-0.05, 0) is 40.0 Å². The molecule has 0 spiro atoms. The van der Waals surface area contributed by atoms with E-state index in [0.29, 0.717) is 24.0 Å². The van der Waals surface area contributed by atoms with Crippen LogP contribution in [0.4, 0.5) is 9.18 Å². The van der Waals surface area contributed by atoms with Crippen LogP contribution in [0.15, 0.2) is 22.7 Å². The molecule has 0 heterocycles. The van der Waals surface area contributed by atoms with Crippen molar-refractivity contribution in [3.8, 4) is 0 Å². The summed E-state index contributed by atoms with van der Waals surface area (Å²) < 4.78 is 13.4. The fourth-order valence-corrected chi connectivity index (χ4v) is 1.82. The molecule has 0 radical (unpaired) electrons. The van der Waals surface area contributed by atoms with E-state index in [9.17, 15) is 9.18 Å². The molecular formula is C12H16BrFN2O2. The molecule has 0 aliphatic carbocycles. The molecule has 0 atom stereocenters. The van der Waals surface area contributed by atoms with Crippen LogP contribution in [0.5, 0.6) is 0 Å². The summed E-state index contributed by atoms with van der Waals surface area (Å²) in [6.45, 7) is 0.704. The van der Waals surface area contributed by atoms with E-state index in [1.54, 1.807) is 19.2 Å². The minimum Gasteiger partial charge on any atom is -0.395 e. The number of aliphatic hydroxyl groups is 1. The zero-order valence-electron chi connectivity index (χ0n) is 10.1. The number of hydrogen-bond acceptors (Lipinski definition) is 2. The van der Waals surface area contributed by atoms with E-state index >= 15 is 0 Å². The van der Waals surface area contributed by atoms with Crippen LogP contribution < -0.4 is 5.32 Å². The third-order valence-electron chi connectivity index (χ3n) is 2.46. The summed E-state index contributed by atoms with van der Waals surface area (Å²) in [5, 5.41) is 11.4. The topological polar surface area (TPSA) is 52.6 Å². The summed E-state index contributed by atoms with van der Waals surface area (Å²) >= 11 is 3.11. The minimum absolute atomic E-state index is 0.0607. The number of rotatable bonds is 5. The van der Waals surface area contributed by atoms with Gasteiger partial charge in [-0.15, -0.1) is 0 Å². The van der Waals surface area contributed by atoms with Crippen molar-refractivity contribution in [2.75, 3.05) is 26.7 Å². The van der Waals surface area contributed by atoms with Crippen LogP contribution in [0.3, 0.4) is 0 Å². The predicted octanol–water partition coefficient (Wildman–Crippen LogP) is 1.76.